The second-order valence-corrected chi connectivity index (χ2v) is 8.56. The van der Waals surface area contributed by atoms with Crippen LogP contribution >= 0.6 is 23.2 Å². The van der Waals surface area contributed by atoms with Crippen molar-refractivity contribution in [3.63, 3.8) is 0 Å². The summed E-state index contributed by atoms with van der Waals surface area (Å²) in [6.45, 7) is 5.17. The molecule has 0 aliphatic heterocycles. The van der Waals surface area contributed by atoms with Gasteiger partial charge in [-0.1, -0.05) is 102 Å². The highest BCUT2D eigenvalue weighted by atomic mass is 35.5. The Balaban J connectivity index is 1.52. The summed E-state index contributed by atoms with van der Waals surface area (Å²) in [5.41, 5.74) is 1.39. The molecule has 2 rings (SSSR count). The number of rotatable bonds is 15. The fourth-order valence-electron chi connectivity index (χ4n) is 3.82. The van der Waals surface area contributed by atoms with E-state index >= 15 is 0 Å². The molecule has 2 aromatic heterocycles. The molecule has 0 spiro atoms. The molecule has 0 fully saturated rings. The van der Waals surface area contributed by atoms with Crippen LogP contribution in [0.25, 0.3) is 11.2 Å². The lowest BCUT2D eigenvalue weighted by Crippen LogP contribution is -2.01. The van der Waals surface area contributed by atoms with Gasteiger partial charge in [-0.25, -0.2) is 9.97 Å². The highest BCUT2D eigenvalue weighted by Gasteiger charge is 2.14. The molecule has 0 aliphatic carbocycles. The number of aromatic nitrogens is 4. The van der Waals surface area contributed by atoms with Gasteiger partial charge in [0.05, 0.1) is 0 Å². The number of hydrogen-bond acceptors (Lipinski definition) is 3. The highest BCUT2D eigenvalue weighted by Crippen LogP contribution is 2.24. The molecule has 2 heterocycles. The average Bonchev–Trinajstić information content (AvgIpc) is 2.97. The smallest absolute Gasteiger partial charge is 0.225 e. The van der Waals surface area contributed by atoms with Gasteiger partial charge in [0, 0.05) is 6.54 Å². The van der Waals surface area contributed by atoms with Gasteiger partial charge in [-0.3, -0.25) is 0 Å². The van der Waals surface area contributed by atoms with Gasteiger partial charge in [0.15, 0.2) is 10.8 Å². The maximum Gasteiger partial charge on any atom is 0.225 e. The third-order valence-corrected chi connectivity index (χ3v) is 5.89. The first-order chi connectivity index (χ1) is 13.6. The Hall–Kier alpha value is -0.870. The minimum absolute atomic E-state index is 0.152. The SMILES string of the molecule is CCCCCCCCCCCCCCCCn1c(C)nc2nc(Cl)nc(Cl)c21. The Morgan fingerprint density at radius 1 is 0.679 bits per heavy atom. The van der Waals surface area contributed by atoms with Crippen molar-refractivity contribution in [1.29, 1.82) is 0 Å². The van der Waals surface area contributed by atoms with E-state index in [9.17, 15) is 0 Å². The van der Waals surface area contributed by atoms with Crippen molar-refractivity contribution >= 4 is 34.4 Å². The monoisotopic (exact) mass is 426 g/mol. The quantitative estimate of drug-likeness (QED) is 0.165. The third kappa shape index (κ3) is 7.87. The normalized spacial score (nSPS) is 11.6. The predicted octanol–water partition coefficient (Wildman–Crippen LogP) is 7.92. The van der Waals surface area contributed by atoms with Gasteiger partial charge in [-0.05, 0) is 24.9 Å². The molecule has 0 saturated carbocycles. The second-order valence-electron chi connectivity index (χ2n) is 7.86. The van der Waals surface area contributed by atoms with Crippen LogP contribution in [0.2, 0.25) is 10.4 Å². The summed E-state index contributed by atoms with van der Waals surface area (Å²) in [6.07, 6.45) is 19.1. The lowest BCUT2D eigenvalue weighted by molar-refractivity contribution is 0.524. The number of unbranched alkanes of at least 4 members (excludes halogenated alkanes) is 13. The molecule has 4 nitrogen and oxygen atoms in total. The second kappa shape index (κ2) is 13.4. The van der Waals surface area contributed by atoms with E-state index in [0.717, 1.165) is 24.3 Å². The van der Waals surface area contributed by atoms with Crippen LogP contribution < -0.4 is 0 Å². The Labute approximate surface area is 180 Å². The van der Waals surface area contributed by atoms with Crippen LogP contribution in [0.1, 0.15) is 103 Å². The maximum atomic E-state index is 6.25. The Morgan fingerprint density at radius 3 is 1.71 bits per heavy atom. The molecule has 0 N–H and O–H groups in total. The molecule has 0 atom stereocenters. The van der Waals surface area contributed by atoms with E-state index in [1.165, 1.54) is 83.5 Å². The first-order valence-corrected chi connectivity index (χ1v) is 11.9. The van der Waals surface area contributed by atoms with Crippen LogP contribution in [-0.2, 0) is 6.54 Å². The summed E-state index contributed by atoms with van der Waals surface area (Å²) in [7, 11) is 0. The van der Waals surface area contributed by atoms with Crippen molar-refractivity contribution in [1.82, 2.24) is 19.5 Å². The van der Waals surface area contributed by atoms with Gasteiger partial charge in [0.1, 0.15) is 11.3 Å². The van der Waals surface area contributed by atoms with E-state index in [1.807, 2.05) is 6.92 Å². The molecule has 6 heteroatoms. The summed E-state index contributed by atoms with van der Waals surface area (Å²) in [5.74, 6) is 0.920. The number of fused-ring (bicyclic) bond motifs is 1. The largest absolute Gasteiger partial charge is 0.324 e. The van der Waals surface area contributed by atoms with E-state index in [-0.39, 0.29) is 5.28 Å². The molecule has 0 bridgehead atoms. The Morgan fingerprint density at radius 2 is 1.18 bits per heavy atom. The zero-order valence-electron chi connectivity index (χ0n) is 17.7. The highest BCUT2D eigenvalue weighted by molar-refractivity contribution is 6.35. The summed E-state index contributed by atoms with van der Waals surface area (Å²) in [5, 5.41) is 0.541. The van der Waals surface area contributed by atoms with Gasteiger partial charge in [-0.15, -0.1) is 0 Å². The molecular formula is C22H36Cl2N4. The van der Waals surface area contributed by atoms with Crippen LogP contribution in [0.4, 0.5) is 0 Å². The average molecular weight is 427 g/mol. The molecule has 0 aliphatic rings. The fraction of sp³-hybridized carbons (Fsp3) is 0.773. The molecule has 28 heavy (non-hydrogen) atoms. The Kier molecular flexibility index (Phi) is 11.2. The van der Waals surface area contributed by atoms with Crippen LogP contribution in [0.5, 0.6) is 0 Å². The molecular weight excluding hydrogens is 391 g/mol. The van der Waals surface area contributed by atoms with Gasteiger partial charge in [-0.2, -0.15) is 4.98 Å². The van der Waals surface area contributed by atoms with Gasteiger partial charge < -0.3 is 4.57 Å². The maximum absolute atomic E-state index is 6.25. The van der Waals surface area contributed by atoms with Gasteiger partial charge >= 0.3 is 0 Å². The molecule has 0 amide bonds. The van der Waals surface area contributed by atoms with Crippen LogP contribution in [-0.4, -0.2) is 19.5 Å². The zero-order valence-corrected chi connectivity index (χ0v) is 19.2. The predicted molar refractivity (Wildman–Crippen MR) is 120 cm³/mol. The van der Waals surface area contributed by atoms with Crippen molar-refractivity contribution in [3.05, 3.63) is 16.3 Å². The minimum atomic E-state index is 0.152. The van der Waals surface area contributed by atoms with E-state index in [1.54, 1.807) is 0 Å². The molecule has 0 aromatic carbocycles. The molecule has 0 unspecified atom stereocenters. The van der Waals surface area contributed by atoms with Gasteiger partial charge in [0.25, 0.3) is 0 Å². The van der Waals surface area contributed by atoms with E-state index in [2.05, 4.69) is 26.4 Å². The van der Waals surface area contributed by atoms with Crippen molar-refractivity contribution in [2.45, 2.75) is 110 Å². The van der Waals surface area contributed by atoms with Crippen molar-refractivity contribution in [2.75, 3.05) is 0 Å². The minimum Gasteiger partial charge on any atom is -0.324 e. The van der Waals surface area contributed by atoms with E-state index in [0.29, 0.717) is 10.8 Å². The molecule has 0 saturated heterocycles. The van der Waals surface area contributed by atoms with E-state index < -0.39 is 0 Å². The lowest BCUT2D eigenvalue weighted by atomic mass is 10.0. The number of imidazole rings is 1. The lowest BCUT2D eigenvalue weighted by Gasteiger charge is -2.07. The Bertz CT molecular complexity index is 699. The number of nitrogens with zero attached hydrogens (tertiary/aromatic N) is 4. The first kappa shape index (κ1) is 23.4. The molecule has 158 valence electrons. The number of hydrogen-bond donors (Lipinski definition) is 0. The summed E-state index contributed by atoms with van der Waals surface area (Å²) >= 11 is 12.1. The van der Waals surface area contributed by atoms with Crippen molar-refractivity contribution in [3.8, 4) is 0 Å². The van der Waals surface area contributed by atoms with Crippen molar-refractivity contribution in [2.24, 2.45) is 0 Å². The number of halogens is 2. The van der Waals surface area contributed by atoms with Crippen LogP contribution in [0, 0.1) is 6.92 Å². The fourth-order valence-corrected chi connectivity index (χ4v) is 4.29. The first-order valence-electron chi connectivity index (χ1n) is 11.2. The number of aryl methyl sites for hydroxylation is 2. The third-order valence-electron chi connectivity index (χ3n) is 5.46. The van der Waals surface area contributed by atoms with Gasteiger partial charge in [0.2, 0.25) is 5.28 Å². The summed E-state index contributed by atoms with van der Waals surface area (Å²) in [4.78, 5) is 12.7. The standard InChI is InChI=1S/C22H36Cl2N4/c1-3-4-5-6-7-8-9-10-11-12-13-14-15-16-17-28-18(2)25-21-19(28)20(23)26-22(24)27-21/h3-17H2,1-2H3. The van der Waals surface area contributed by atoms with Crippen molar-refractivity contribution < 1.29 is 0 Å². The van der Waals surface area contributed by atoms with E-state index in [4.69, 9.17) is 23.2 Å². The summed E-state index contributed by atoms with van der Waals surface area (Å²) in [6, 6.07) is 0. The zero-order chi connectivity index (χ0) is 20.2. The molecule has 2 aromatic rings. The van der Waals surface area contributed by atoms with Crippen LogP contribution in [0.3, 0.4) is 0 Å². The molecule has 0 radical (unpaired) electrons. The van der Waals surface area contributed by atoms with Crippen LogP contribution in [0.15, 0.2) is 0 Å². The summed E-state index contributed by atoms with van der Waals surface area (Å²) < 4.78 is 2.12. The topological polar surface area (TPSA) is 43.6 Å².